The smallest absolute Gasteiger partial charge is 0.329 e. The van der Waals surface area contributed by atoms with Crippen molar-refractivity contribution in [3.05, 3.63) is 40.4 Å². The number of hydrogen-bond donors (Lipinski definition) is 0. The zero-order valence-electron chi connectivity index (χ0n) is 14.3. The fourth-order valence-corrected chi connectivity index (χ4v) is 4.91. The van der Waals surface area contributed by atoms with Crippen molar-refractivity contribution in [2.75, 3.05) is 24.7 Å². The van der Waals surface area contributed by atoms with Crippen LogP contribution < -0.4 is 0 Å². The van der Waals surface area contributed by atoms with Crippen LogP contribution >= 0.6 is 34.7 Å². The van der Waals surface area contributed by atoms with E-state index < -0.39 is 6.04 Å². The van der Waals surface area contributed by atoms with Gasteiger partial charge in [-0.1, -0.05) is 29.8 Å². The number of amides is 1. The summed E-state index contributed by atoms with van der Waals surface area (Å²) in [5.74, 6) is 0.971. The number of halogens is 1. The fraction of sp³-hybridized carbons (Fsp3) is 0.389. The first kappa shape index (κ1) is 19.2. The summed E-state index contributed by atoms with van der Waals surface area (Å²) in [6.45, 7) is 2.63. The third kappa shape index (κ3) is 4.39. The highest BCUT2D eigenvalue weighted by atomic mass is 35.5. The highest BCUT2D eigenvalue weighted by Gasteiger charge is 2.33. The van der Waals surface area contributed by atoms with Crippen molar-refractivity contribution in [1.29, 1.82) is 0 Å². The lowest BCUT2D eigenvalue weighted by molar-refractivity contribution is -0.153. The Morgan fingerprint density at radius 2 is 2.19 bits per heavy atom. The number of benzene rings is 1. The molecule has 2 heterocycles. The number of hydrogen-bond acceptors (Lipinski definition) is 6. The second-order valence-electron chi connectivity index (χ2n) is 5.73. The van der Waals surface area contributed by atoms with E-state index in [9.17, 15) is 9.59 Å². The molecule has 8 heteroatoms. The van der Waals surface area contributed by atoms with E-state index in [2.05, 4.69) is 4.98 Å². The topological polar surface area (TPSA) is 59.5 Å². The first-order valence-corrected chi connectivity index (χ1v) is 10.7. The molecule has 5 nitrogen and oxygen atoms in total. The van der Waals surface area contributed by atoms with Gasteiger partial charge in [0, 0.05) is 29.0 Å². The molecule has 3 rings (SSSR count). The van der Waals surface area contributed by atoms with Crippen molar-refractivity contribution in [2.24, 2.45) is 0 Å². The van der Waals surface area contributed by atoms with Crippen LogP contribution in [0.5, 0.6) is 0 Å². The maximum absolute atomic E-state index is 12.7. The predicted molar refractivity (Wildman–Crippen MR) is 106 cm³/mol. The zero-order valence-corrected chi connectivity index (χ0v) is 16.7. The lowest BCUT2D eigenvalue weighted by Gasteiger charge is -2.33. The van der Waals surface area contributed by atoms with E-state index in [0.29, 0.717) is 29.6 Å². The van der Waals surface area contributed by atoms with Crippen molar-refractivity contribution in [3.63, 3.8) is 0 Å². The second kappa shape index (κ2) is 8.88. The summed E-state index contributed by atoms with van der Waals surface area (Å²) in [6.07, 6.45) is 0.168. The van der Waals surface area contributed by atoms with Gasteiger partial charge in [0.05, 0.1) is 23.7 Å². The Balaban J connectivity index is 1.71. The molecule has 0 N–H and O–H groups in total. The minimum Gasteiger partial charge on any atom is -0.464 e. The second-order valence-corrected chi connectivity index (χ2v) is 8.15. The number of thiazole rings is 1. The third-order valence-electron chi connectivity index (χ3n) is 4.00. The van der Waals surface area contributed by atoms with Gasteiger partial charge < -0.3 is 9.64 Å². The molecule has 1 fully saturated rings. The SMILES string of the molecule is CCOC(=O)[C@H]1CSCCN1C(=O)Cc1csc(-c2ccccc2Cl)n1. The molecular weight excluding hydrogens is 392 g/mol. The van der Waals surface area contributed by atoms with Gasteiger partial charge in [-0.25, -0.2) is 9.78 Å². The van der Waals surface area contributed by atoms with Crippen molar-refractivity contribution < 1.29 is 14.3 Å². The van der Waals surface area contributed by atoms with Crippen LogP contribution in [0.15, 0.2) is 29.6 Å². The molecule has 0 aliphatic carbocycles. The first-order valence-electron chi connectivity index (χ1n) is 8.33. The van der Waals surface area contributed by atoms with E-state index in [-0.39, 0.29) is 18.3 Å². The summed E-state index contributed by atoms with van der Waals surface area (Å²) < 4.78 is 5.11. The largest absolute Gasteiger partial charge is 0.464 e. The molecule has 1 aliphatic heterocycles. The van der Waals surface area contributed by atoms with Gasteiger partial charge in [-0.3, -0.25) is 4.79 Å². The number of rotatable bonds is 5. The Hall–Kier alpha value is -1.57. The van der Waals surface area contributed by atoms with E-state index in [1.54, 1.807) is 23.6 Å². The normalized spacial score (nSPS) is 17.2. The van der Waals surface area contributed by atoms with Crippen LogP contribution in [0.1, 0.15) is 12.6 Å². The predicted octanol–water partition coefficient (Wildman–Crippen LogP) is 3.51. The summed E-state index contributed by atoms with van der Waals surface area (Å²) in [6, 6.07) is 6.99. The van der Waals surface area contributed by atoms with Crippen LogP contribution in [-0.2, 0) is 20.7 Å². The molecule has 138 valence electrons. The third-order valence-corrected chi connectivity index (χ3v) is 6.27. The molecule has 1 aromatic heterocycles. The minimum atomic E-state index is -0.511. The van der Waals surface area contributed by atoms with Gasteiger partial charge in [0.2, 0.25) is 5.91 Å². The quantitative estimate of drug-likeness (QED) is 0.706. The van der Waals surface area contributed by atoms with E-state index in [4.69, 9.17) is 16.3 Å². The van der Waals surface area contributed by atoms with E-state index in [0.717, 1.165) is 16.3 Å². The molecule has 26 heavy (non-hydrogen) atoms. The molecule has 2 aromatic rings. The monoisotopic (exact) mass is 410 g/mol. The van der Waals surface area contributed by atoms with Crippen molar-refractivity contribution >= 4 is 46.6 Å². The van der Waals surface area contributed by atoms with Crippen LogP contribution in [0.2, 0.25) is 5.02 Å². The summed E-state index contributed by atoms with van der Waals surface area (Å²) in [4.78, 5) is 31.1. The van der Waals surface area contributed by atoms with Crippen molar-refractivity contribution in [1.82, 2.24) is 9.88 Å². The molecule has 0 spiro atoms. The van der Waals surface area contributed by atoms with Gasteiger partial charge in [-0.2, -0.15) is 11.8 Å². The van der Waals surface area contributed by atoms with E-state index in [1.165, 1.54) is 11.3 Å². The average molecular weight is 411 g/mol. The molecule has 0 bridgehead atoms. The summed E-state index contributed by atoms with van der Waals surface area (Å²) >= 11 is 9.34. The van der Waals surface area contributed by atoms with E-state index in [1.807, 2.05) is 29.6 Å². The highest BCUT2D eigenvalue weighted by molar-refractivity contribution is 7.99. The van der Waals surface area contributed by atoms with E-state index >= 15 is 0 Å². The molecule has 1 aromatic carbocycles. The number of nitrogens with zero attached hydrogens (tertiary/aromatic N) is 2. The molecule has 1 amide bonds. The summed E-state index contributed by atoms with van der Waals surface area (Å²) in [7, 11) is 0. The Morgan fingerprint density at radius 1 is 1.38 bits per heavy atom. The molecule has 1 aliphatic rings. The van der Waals surface area contributed by atoms with Gasteiger partial charge in [-0.05, 0) is 13.0 Å². The number of aromatic nitrogens is 1. The maximum Gasteiger partial charge on any atom is 0.329 e. The number of thioether (sulfide) groups is 1. The van der Waals surface area contributed by atoms with Gasteiger partial charge in [0.25, 0.3) is 0 Å². The maximum atomic E-state index is 12.7. The Bertz CT molecular complexity index is 796. The molecular formula is C18H19ClN2O3S2. The first-order chi connectivity index (χ1) is 12.6. The zero-order chi connectivity index (χ0) is 18.5. The number of carbonyl (C=O) groups excluding carboxylic acids is 2. The van der Waals surface area contributed by atoms with Crippen LogP contribution in [0.4, 0.5) is 0 Å². The number of esters is 1. The standard InChI is InChI=1S/C18H19ClN2O3S2/c1-2-24-18(23)15-11-25-8-7-21(15)16(22)9-12-10-26-17(20-12)13-5-3-4-6-14(13)19/h3-6,10,15H,2,7-9,11H2,1H3/t15-/m1/s1. The Kier molecular flexibility index (Phi) is 6.56. The van der Waals surface area contributed by atoms with Crippen molar-refractivity contribution in [3.8, 4) is 10.6 Å². The average Bonchev–Trinajstić information content (AvgIpc) is 3.10. The van der Waals surface area contributed by atoms with Crippen LogP contribution in [0.3, 0.4) is 0 Å². The molecule has 1 atom stereocenters. The molecule has 1 saturated heterocycles. The molecule has 0 unspecified atom stereocenters. The Morgan fingerprint density at radius 3 is 2.96 bits per heavy atom. The van der Waals surface area contributed by atoms with Gasteiger partial charge in [0.1, 0.15) is 11.0 Å². The van der Waals surface area contributed by atoms with Crippen molar-refractivity contribution in [2.45, 2.75) is 19.4 Å². The summed E-state index contributed by atoms with van der Waals surface area (Å²) in [5, 5.41) is 3.29. The number of ether oxygens (including phenoxy) is 1. The van der Waals surface area contributed by atoms with Crippen LogP contribution in [-0.4, -0.2) is 52.5 Å². The molecule has 0 radical (unpaired) electrons. The highest BCUT2D eigenvalue weighted by Crippen LogP contribution is 2.30. The minimum absolute atomic E-state index is 0.0978. The van der Waals surface area contributed by atoms with Gasteiger partial charge >= 0.3 is 5.97 Å². The summed E-state index contributed by atoms with van der Waals surface area (Å²) in [5.41, 5.74) is 1.55. The fourth-order valence-electron chi connectivity index (χ4n) is 2.74. The van der Waals surface area contributed by atoms with Crippen LogP contribution in [0.25, 0.3) is 10.6 Å². The van der Waals surface area contributed by atoms with Gasteiger partial charge in [-0.15, -0.1) is 11.3 Å². The van der Waals surface area contributed by atoms with Crippen LogP contribution in [0, 0.1) is 0 Å². The lowest BCUT2D eigenvalue weighted by atomic mass is 10.2. The lowest BCUT2D eigenvalue weighted by Crippen LogP contribution is -2.51. The van der Waals surface area contributed by atoms with Gasteiger partial charge in [0.15, 0.2) is 0 Å². The Labute approximate surface area is 165 Å². The molecule has 0 saturated carbocycles. The number of carbonyl (C=O) groups is 2.